The maximum absolute atomic E-state index is 6.71. The molecule has 0 fully saturated rings. The number of nitrogens with zero attached hydrogens (tertiary/aromatic N) is 3. The van der Waals surface area contributed by atoms with E-state index in [0.717, 1.165) is 0 Å². The van der Waals surface area contributed by atoms with Crippen molar-refractivity contribution < 1.29 is 4.74 Å². The van der Waals surface area contributed by atoms with Gasteiger partial charge in [0.15, 0.2) is 11.5 Å². The summed E-state index contributed by atoms with van der Waals surface area (Å²) in [6.07, 6.45) is 1.51. The Morgan fingerprint density at radius 3 is 3.15 bits per heavy atom. The highest BCUT2D eigenvalue weighted by molar-refractivity contribution is 5.54. The zero-order valence-electron chi connectivity index (χ0n) is 7.32. The third-order valence-electron chi connectivity index (χ3n) is 1.35. The number of hydrogen-bond donors (Lipinski definition) is 0. The molecule has 0 aliphatic rings. The molecule has 1 rings (SSSR count). The van der Waals surface area contributed by atoms with Crippen molar-refractivity contribution in [1.82, 2.24) is 9.97 Å². The van der Waals surface area contributed by atoms with Crippen LogP contribution in [-0.4, -0.2) is 16.6 Å². The third kappa shape index (κ3) is 2.27. The molecule has 66 valence electrons. The van der Waals surface area contributed by atoms with Gasteiger partial charge in [0.25, 0.3) is 0 Å². The van der Waals surface area contributed by atoms with Crippen LogP contribution >= 0.6 is 0 Å². The average Bonchev–Trinajstić information content (AvgIpc) is 2.18. The molecule has 4 heteroatoms. The normalized spacial score (nSPS) is 8.92. The van der Waals surface area contributed by atoms with E-state index in [1.165, 1.54) is 6.20 Å². The Morgan fingerprint density at radius 2 is 2.54 bits per heavy atom. The van der Waals surface area contributed by atoms with Crippen LogP contribution in [0.4, 0.5) is 5.95 Å². The zero-order valence-corrected chi connectivity index (χ0v) is 7.32. The molecule has 0 atom stereocenters. The topological polar surface area (TPSA) is 39.4 Å². The van der Waals surface area contributed by atoms with Crippen LogP contribution < -0.4 is 0 Å². The molecule has 0 aliphatic heterocycles. The Balaban J connectivity index is 2.90. The minimum Gasteiger partial charge on any atom is -0.491 e. The summed E-state index contributed by atoms with van der Waals surface area (Å²) in [7, 11) is 0. The smallest absolute Gasteiger partial charge is 0.372 e. The fourth-order valence-electron chi connectivity index (χ4n) is 0.806. The van der Waals surface area contributed by atoms with Crippen molar-refractivity contribution in [2.75, 3.05) is 6.61 Å². The van der Waals surface area contributed by atoms with Crippen LogP contribution in [0.15, 0.2) is 18.8 Å². The van der Waals surface area contributed by atoms with E-state index < -0.39 is 0 Å². The molecule has 0 N–H and O–H groups in total. The predicted molar refractivity (Wildman–Crippen MR) is 49.0 cm³/mol. The minimum absolute atomic E-state index is 0.110. The summed E-state index contributed by atoms with van der Waals surface area (Å²) in [5.41, 5.74) is 0.558. The van der Waals surface area contributed by atoms with Crippen LogP contribution in [0, 0.1) is 6.57 Å². The Kier molecular flexibility index (Phi) is 2.98. The summed E-state index contributed by atoms with van der Waals surface area (Å²) in [5, 5.41) is 0. The van der Waals surface area contributed by atoms with Crippen molar-refractivity contribution in [2.45, 2.75) is 6.92 Å². The van der Waals surface area contributed by atoms with Gasteiger partial charge >= 0.3 is 5.95 Å². The highest BCUT2D eigenvalue weighted by atomic mass is 16.5. The molecule has 0 saturated carbocycles. The molecule has 1 aromatic rings. The van der Waals surface area contributed by atoms with Crippen LogP contribution in [0.3, 0.4) is 0 Å². The molecule has 0 bridgehead atoms. The first kappa shape index (κ1) is 9.20. The highest BCUT2D eigenvalue weighted by Crippen LogP contribution is 2.12. The molecule has 0 saturated heterocycles. The number of ether oxygens (including phenoxy) is 1. The van der Waals surface area contributed by atoms with Gasteiger partial charge in [-0.3, -0.25) is 0 Å². The molecule has 4 nitrogen and oxygen atoms in total. The van der Waals surface area contributed by atoms with Gasteiger partial charge in [0.1, 0.15) is 0 Å². The standard InChI is InChI=1S/C9H9N3O/c1-4-13-7(2)8-5-6-11-9(10-3)12-8/h5-6H,2,4H2,1H3. The predicted octanol–water partition coefficient (Wildman–Crippen LogP) is 2.03. The lowest BCUT2D eigenvalue weighted by Crippen LogP contribution is -1.93. The van der Waals surface area contributed by atoms with E-state index >= 15 is 0 Å². The van der Waals surface area contributed by atoms with Gasteiger partial charge in [-0.25, -0.2) is 0 Å². The van der Waals surface area contributed by atoms with Crippen LogP contribution in [0.2, 0.25) is 0 Å². The van der Waals surface area contributed by atoms with Crippen molar-refractivity contribution in [1.29, 1.82) is 0 Å². The largest absolute Gasteiger partial charge is 0.491 e. The van der Waals surface area contributed by atoms with Gasteiger partial charge in [-0.15, -0.1) is 11.6 Å². The molecule has 13 heavy (non-hydrogen) atoms. The summed E-state index contributed by atoms with van der Waals surface area (Å²) in [6.45, 7) is 12.8. The van der Waals surface area contributed by atoms with Crippen molar-refractivity contribution >= 4 is 11.7 Å². The molecule has 0 amide bonds. The Labute approximate surface area is 76.7 Å². The van der Waals surface area contributed by atoms with Gasteiger partial charge in [-0.05, 0) is 6.92 Å². The SMILES string of the molecule is [C-]#[N+]c1nccc(C(=C)OCC)n1. The van der Waals surface area contributed by atoms with Crippen LogP contribution in [-0.2, 0) is 4.74 Å². The third-order valence-corrected chi connectivity index (χ3v) is 1.35. The summed E-state index contributed by atoms with van der Waals surface area (Å²) in [5.74, 6) is 0.577. The summed E-state index contributed by atoms with van der Waals surface area (Å²) in [6, 6.07) is 1.66. The van der Waals surface area contributed by atoms with E-state index in [1.54, 1.807) is 6.07 Å². The molecule has 0 unspecified atom stereocenters. The van der Waals surface area contributed by atoms with Crippen molar-refractivity contribution in [3.8, 4) is 0 Å². The second-order valence-electron chi connectivity index (χ2n) is 2.21. The lowest BCUT2D eigenvalue weighted by atomic mass is 10.3. The Morgan fingerprint density at radius 1 is 1.77 bits per heavy atom. The number of aromatic nitrogens is 2. The van der Waals surface area contributed by atoms with E-state index in [9.17, 15) is 0 Å². The van der Waals surface area contributed by atoms with Gasteiger partial charge in [0, 0.05) is 6.07 Å². The fourth-order valence-corrected chi connectivity index (χ4v) is 0.806. The highest BCUT2D eigenvalue weighted by Gasteiger charge is 2.05. The molecular formula is C9H9N3O. The molecule has 0 spiro atoms. The molecule has 1 heterocycles. The lowest BCUT2D eigenvalue weighted by Gasteiger charge is -2.02. The lowest BCUT2D eigenvalue weighted by molar-refractivity contribution is 0.298. The second-order valence-corrected chi connectivity index (χ2v) is 2.21. The molecule has 0 aliphatic carbocycles. The fraction of sp³-hybridized carbons (Fsp3) is 0.222. The van der Waals surface area contributed by atoms with Crippen LogP contribution in [0.25, 0.3) is 10.6 Å². The molecule has 0 radical (unpaired) electrons. The van der Waals surface area contributed by atoms with Gasteiger partial charge < -0.3 is 9.58 Å². The summed E-state index contributed by atoms with van der Waals surface area (Å²) in [4.78, 5) is 10.8. The first-order valence-corrected chi connectivity index (χ1v) is 3.80. The number of rotatable bonds is 3. The second kappa shape index (κ2) is 4.21. The average molecular weight is 175 g/mol. The van der Waals surface area contributed by atoms with Crippen molar-refractivity contribution in [3.63, 3.8) is 0 Å². The van der Waals surface area contributed by atoms with E-state index in [2.05, 4.69) is 21.4 Å². The van der Waals surface area contributed by atoms with Crippen molar-refractivity contribution in [2.24, 2.45) is 0 Å². The summed E-state index contributed by atoms with van der Waals surface area (Å²) < 4.78 is 5.14. The monoisotopic (exact) mass is 175 g/mol. The molecular weight excluding hydrogens is 166 g/mol. The first-order chi connectivity index (χ1) is 6.27. The Bertz CT molecular complexity index is 354. The maximum atomic E-state index is 6.71. The van der Waals surface area contributed by atoms with Gasteiger partial charge in [0.05, 0.1) is 12.8 Å². The van der Waals surface area contributed by atoms with Crippen LogP contribution in [0.5, 0.6) is 0 Å². The van der Waals surface area contributed by atoms with Gasteiger partial charge in [-0.2, -0.15) is 4.98 Å². The van der Waals surface area contributed by atoms with Gasteiger partial charge in [0.2, 0.25) is 0 Å². The van der Waals surface area contributed by atoms with E-state index in [4.69, 9.17) is 11.3 Å². The summed E-state index contributed by atoms with van der Waals surface area (Å²) >= 11 is 0. The van der Waals surface area contributed by atoms with Gasteiger partial charge in [-0.1, -0.05) is 6.58 Å². The zero-order chi connectivity index (χ0) is 9.68. The van der Waals surface area contributed by atoms with E-state index in [-0.39, 0.29) is 5.95 Å². The quantitative estimate of drug-likeness (QED) is 0.521. The first-order valence-electron chi connectivity index (χ1n) is 3.80. The molecule has 1 aromatic heterocycles. The van der Waals surface area contributed by atoms with Crippen LogP contribution in [0.1, 0.15) is 12.6 Å². The maximum Gasteiger partial charge on any atom is 0.372 e. The van der Waals surface area contributed by atoms with E-state index in [1.807, 2.05) is 6.92 Å². The molecule has 0 aromatic carbocycles. The number of hydrogen-bond acceptors (Lipinski definition) is 3. The van der Waals surface area contributed by atoms with E-state index in [0.29, 0.717) is 18.1 Å². The Hall–Kier alpha value is -1.89. The minimum atomic E-state index is 0.110. The van der Waals surface area contributed by atoms with Crippen molar-refractivity contribution in [3.05, 3.63) is 36.0 Å².